The monoisotopic (exact) mass is 283 g/mol. The number of carbonyl (C=O) groups is 1. The van der Waals surface area contributed by atoms with Crippen molar-refractivity contribution >= 4 is 5.91 Å². The molecule has 4 nitrogen and oxygen atoms in total. The van der Waals surface area contributed by atoms with E-state index >= 15 is 0 Å². The van der Waals surface area contributed by atoms with Crippen molar-refractivity contribution in [3.05, 3.63) is 53.6 Å². The molecule has 110 valence electrons. The lowest BCUT2D eigenvalue weighted by atomic mass is 9.92. The molecule has 1 N–H and O–H groups in total. The first-order valence-corrected chi connectivity index (χ1v) is 7.55. The van der Waals surface area contributed by atoms with Crippen LogP contribution in [0.4, 0.5) is 0 Å². The maximum absolute atomic E-state index is 12.4. The number of nitrogens with one attached hydrogen (secondary N) is 1. The number of rotatable bonds is 3. The molecule has 0 radical (unpaired) electrons. The zero-order valence-corrected chi connectivity index (χ0v) is 12.4. The van der Waals surface area contributed by atoms with E-state index < -0.39 is 0 Å². The van der Waals surface area contributed by atoms with E-state index in [0.717, 1.165) is 37.9 Å². The summed E-state index contributed by atoms with van der Waals surface area (Å²) in [4.78, 5) is 21.6. The van der Waals surface area contributed by atoms with Crippen molar-refractivity contribution in [2.45, 2.75) is 26.2 Å². The maximum Gasteiger partial charge on any atom is 0.253 e. The molecule has 1 aliphatic rings. The van der Waals surface area contributed by atoms with Crippen LogP contribution in [0.25, 0.3) is 0 Å². The second-order valence-electron chi connectivity index (χ2n) is 5.88. The lowest BCUT2D eigenvalue weighted by Gasteiger charge is -2.32. The Balaban J connectivity index is 1.55. The lowest BCUT2D eigenvalue weighted by Crippen LogP contribution is -2.38. The van der Waals surface area contributed by atoms with Crippen LogP contribution in [0.1, 0.15) is 34.5 Å². The highest BCUT2D eigenvalue weighted by Crippen LogP contribution is 2.22. The molecule has 0 atom stereocenters. The van der Waals surface area contributed by atoms with Crippen LogP contribution in [0.3, 0.4) is 0 Å². The summed E-state index contributed by atoms with van der Waals surface area (Å²) in [6, 6.07) is 7.85. The maximum atomic E-state index is 12.4. The van der Waals surface area contributed by atoms with E-state index in [2.05, 4.69) is 9.97 Å². The van der Waals surface area contributed by atoms with Crippen LogP contribution in [0.15, 0.2) is 36.8 Å². The van der Waals surface area contributed by atoms with E-state index in [1.807, 2.05) is 42.3 Å². The van der Waals surface area contributed by atoms with Crippen LogP contribution in [0, 0.1) is 12.8 Å². The SMILES string of the molecule is Cc1ccc(C(=O)N2CCC(Cc3cnc[nH]3)CC2)cc1. The molecular weight excluding hydrogens is 262 g/mol. The third-order valence-electron chi connectivity index (χ3n) is 4.26. The van der Waals surface area contributed by atoms with Gasteiger partial charge in [-0.25, -0.2) is 4.98 Å². The fourth-order valence-corrected chi connectivity index (χ4v) is 2.93. The Labute approximate surface area is 125 Å². The molecule has 0 saturated carbocycles. The fraction of sp³-hybridized carbons (Fsp3) is 0.412. The number of amides is 1. The predicted molar refractivity (Wildman–Crippen MR) is 82.1 cm³/mol. The van der Waals surface area contributed by atoms with Crippen LogP contribution in [0.5, 0.6) is 0 Å². The minimum Gasteiger partial charge on any atom is -0.348 e. The van der Waals surface area contributed by atoms with Crippen molar-refractivity contribution in [1.29, 1.82) is 0 Å². The third kappa shape index (κ3) is 3.32. The summed E-state index contributed by atoms with van der Waals surface area (Å²) in [6.45, 7) is 3.74. The summed E-state index contributed by atoms with van der Waals surface area (Å²) in [5.74, 6) is 0.808. The number of hydrogen-bond acceptors (Lipinski definition) is 2. The highest BCUT2D eigenvalue weighted by molar-refractivity contribution is 5.94. The highest BCUT2D eigenvalue weighted by Gasteiger charge is 2.23. The van der Waals surface area contributed by atoms with E-state index in [0.29, 0.717) is 5.92 Å². The minimum absolute atomic E-state index is 0.162. The van der Waals surface area contributed by atoms with Gasteiger partial charge in [0.05, 0.1) is 6.33 Å². The van der Waals surface area contributed by atoms with Crippen molar-refractivity contribution < 1.29 is 4.79 Å². The first kappa shape index (κ1) is 13.9. The van der Waals surface area contributed by atoms with Crippen LogP contribution in [-0.2, 0) is 6.42 Å². The Morgan fingerprint density at radius 3 is 2.62 bits per heavy atom. The Kier molecular flexibility index (Phi) is 4.04. The van der Waals surface area contributed by atoms with Gasteiger partial charge in [0.2, 0.25) is 0 Å². The smallest absolute Gasteiger partial charge is 0.253 e. The molecule has 0 spiro atoms. The molecule has 3 rings (SSSR count). The second kappa shape index (κ2) is 6.12. The van der Waals surface area contributed by atoms with Crippen molar-refractivity contribution in [3.8, 4) is 0 Å². The van der Waals surface area contributed by atoms with Crippen LogP contribution in [-0.4, -0.2) is 33.9 Å². The zero-order chi connectivity index (χ0) is 14.7. The number of aromatic amines is 1. The number of carbonyl (C=O) groups excluding carboxylic acids is 1. The molecule has 1 fully saturated rings. The number of piperidine rings is 1. The topological polar surface area (TPSA) is 49.0 Å². The lowest BCUT2D eigenvalue weighted by molar-refractivity contribution is 0.0690. The zero-order valence-electron chi connectivity index (χ0n) is 12.4. The summed E-state index contributed by atoms with van der Waals surface area (Å²) >= 11 is 0. The molecule has 1 aliphatic heterocycles. The summed E-state index contributed by atoms with van der Waals surface area (Å²) < 4.78 is 0. The average Bonchev–Trinajstić information content (AvgIpc) is 3.01. The summed E-state index contributed by atoms with van der Waals surface area (Å²) in [6.07, 6.45) is 6.79. The van der Waals surface area contributed by atoms with Crippen LogP contribution >= 0.6 is 0 Å². The number of likely N-dealkylation sites (tertiary alicyclic amines) is 1. The molecule has 0 unspecified atom stereocenters. The van der Waals surface area contributed by atoms with Gasteiger partial charge in [0.15, 0.2) is 0 Å². The number of nitrogens with zero attached hydrogens (tertiary/aromatic N) is 2. The Morgan fingerprint density at radius 2 is 2.00 bits per heavy atom. The van der Waals surface area contributed by atoms with E-state index in [1.165, 1.54) is 11.3 Å². The van der Waals surface area contributed by atoms with E-state index in [4.69, 9.17) is 0 Å². The first-order chi connectivity index (χ1) is 10.2. The van der Waals surface area contributed by atoms with Crippen LogP contribution < -0.4 is 0 Å². The normalized spacial score (nSPS) is 16.1. The number of aryl methyl sites for hydroxylation is 1. The van der Waals surface area contributed by atoms with Gasteiger partial charge < -0.3 is 9.88 Å². The average molecular weight is 283 g/mol. The standard InChI is InChI=1S/C17H21N3O/c1-13-2-4-15(5-3-13)17(21)20-8-6-14(7-9-20)10-16-11-18-12-19-16/h2-5,11-12,14H,6-10H2,1H3,(H,18,19). The van der Waals surface area contributed by atoms with Gasteiger partial charge in [0.1, 0.15) is 0 Å². The second-order valence-corrected chi connectivity index (χ2v) is 5.88. The molecule has 1 aromatic carbocycles. The van der Waals surface area contributed by atoms with Gasteiger partial charge in [-0.1, -0.05) is 17.7 Å². The van der Waals surface area contributed by atoms with Gasteiger partial charge in [0.25, 0.3) is 5.91 Å². The molecule has 1 aromatic heterocycles. The molecule has 21 heavy (non-hydrogen) atoms. The van der Waals surface area contributed by atoms with Crippen LogP contribution in [0.2, 0.25) is 0 Å². The number of H-pyrrole nitrogens is 1. The van der Waals surface area contributed by atoms with Crippen molar-refractivity contribution in [3.63, 3.8) is 0 Å². The third-order valence-corrected chi connectivity index (χ3v) is 4.26. The van der Waals surface area contributed by atoms with Crippen molar-refractivity contribution in [2.24, 2.45) is 5.92 Å². The Morgan fingerprint density at radius 1 is 1.29 bits per heavy atom. The minimum atomic E-state index is 0.162. The molecule has 0 aliphatic carbocycles. The molecule has 1 amide bonds. The van der Waals surface area contributed by atoms with Crippen molar-refractivity contribution in [1.82, 2.24) is 14.9 Å². The predicted octanol–water partition coefficient (Wildman–Crippen LogP) is 2.81. The molecule has 2 heterocycles. The summed E-state index contributed by atoms with van der Waals surface area (Å²) in [5, 5.41) is 0. The molecule has 0 bridgehead atoms. The molecular formula is C17H21N3O. The number of imidazole rings is 1. The highest BCUT2D eigenvalue weighted by atomic mass is 16.2. The van der Waals surface area contributed by atoms with Gasteiger partial charge >= 0.3 is 0 Å². The van der Waals surface area contributed by atoms with Gasteiger partial charge in [-0.05, 0) is 44.2 Å². The van der Waals surface area contributed by atoms with E-state index in [-0.39, 0.29) is 5.91 Å². The number of aromatic nitrogens is 2. The largest absolute Gasteiger partial charge is 0.348 e. The molecule has 1 saturated heterocycles. The van der Waals surface area contributed by atoms with Gasteiger partial charge in [-0.3, -0.25) is 4.79 Å². The summed E-state index contributed by atoms with van der Waals surface area (Å²) in [5.41, 5.74) is 3.18. The molecule has 4 heteroatoms. The Bertz CT molecular complexity index is 581. The van der Waals surface area contributed by atoms with Crippen molar-refractivity contribution in [2.75, 3.05) is 13.1 Å². The van der Waals surface area contributed by atoms with Gasteiger partial charge in [-0.15, -0.1) is 0 Å². The number of hydrogen-bond donors (Lipinski definition) is 1. The van der Waals surface area contributed by atoms with Gasteiger partial charge in [-0.2, -0.15) is 0 Å². The summed E-state index contributed by atoms with van der Waals surface area (Å²) in [7, 11) is 0. The fourth-order valence-electron chi connectivity index (χ4n) is 2.93. The molecule has 2 aromatic rings. The first-order valence-electron chi connectivity index (χ1n) is 7.55. The van der Waals surface area contributed by atoms with E-state index in [1.54, 1.807) is 6.33 Å². The van der Waals surface area contributed by atoms with E-state index in [9.17, 15) is 4.79 Å². The quantitative estimate of drug-likeness (QED) is 0.941. The van der Waals surface area contributed by atoms with Gasteiger partial charge in [0, 0.05) is 30.5 Å². The Hall–Kier alpha value is -2.10. The number of benzene rings is 1.